The summed E-state index contributed by atoms with van der Waals surface area (Å²) in [7, 11) is 0. The Morgan fingerprint density at radius 1 is 1.20 bits per heavy atom. The van der Waals surface area contributed by atoms with Gasteiger partial charge in [-0.15, -0.1) is 0 Å². The molecule has 1 aromatic heterocycles. The number of halogens is 1. The van der Waals surface area contributed by atoms with Crippen LogP contribution in [0.15, 0.2) is 41.1 Å². The molecule has 104 valence electrons. The molecule has 0 aliphatic rings. The predicted octanol–water partition coefficient (Wildman–Crippen LogP) is 2.39. The van der Waals surface area contributed by atoms with Gasteiger partial charge >= 0.3 is 0 Å². The first-order chi connectivity index (χ1) is 9.65. The molecule has 0 radical (unpaired) electrons. The standard InChI is InChI=1S/C14H15BrN4O/c1-10-8-13(19-9-18-10)16-6-7-17-14(20)11-2-4-12(15)5-3-11/h2-5,8-9H,6-7H2,1H3,(H,17,20)(H,16,18,19). The maximum atomic E-state index is 11.8. The molecule has 2 aromatic rings. The fourth-order valence-corrected chi connectivity index (χ4v) is 1.89. The highest BCUT2D eigenvalue weighted by atomic mass is 79.9. The number of carbonyl (C=O) groups excluding carboxylic acids is 1. The van der Waals surface area contributed by atoms with E-state index in [2.05, 4.69) is 36.5 Å². The van der Waals surface area contributed by atoms with Crippen LogP contribution in [0.2, 0.25) is 0 Å². The zero-order valence-corrected chi connectivity index (χ0v) is 12.6. The highest BCUT2D eigenvalue weighted by molar-refractivity contribution is 9.10. The third-order valence-corrected chi connectivity index (χ3v) is 3.16. The van der Waals surface area contributed by atoms with Crippen molar-refractivity contribution in [3.05, 3.63) is 52.4 Å². The Bertz CT molecular complexity index is 586. The van der Waals surface area contributed by atoms with Crippen molar-refractivity contribution in [3.63, 3.8) is 0 Å². The van der Waals surface area contributed by atoms with Gasteiger partial charge in [0, 0.05) is 34.9 Å². The van der Waals surface area contributed by atoms with E-state index < -0.39 is 0 Å². The number of carbonyl (C=O) groups is 1. The molecular weight excluding hydrogens is 320 g/mol. The number of anilines is 1. The van der Waals surface area contributed by atoms with Gasteiger partial charge in [-0.2, -0.15) is 0 Å². The van der Waals surface area contributed by atoms with Gasteiger partial charge in [0.2, 0.25) is 0 Å². The molecule has 0 fully saturated rings. The largest absolute Gasteiger partial charge is 0.368 e. The van der Waals surface area contributed by atoms with E-state index >= 15 is 0 Å². The second-order valence-electron chi connectivity index (χ2n) is 4.23. The van der Waals surface area contributed by atoms with Gasteiger partial charge < -0.3 is 10.6 Å². The van der Waals surface area contributed by atoms with Crippen LogP contribution < -0.4 is 10.6 Å². The summed E-state index contributed by atoms with van der Waals surface area (Å²) in [5.74, 6) is 0.675. The molecule has 2 rings (SSSR count). The Hall–Kier alpha value is -1.95. The van der Waals surface area contributed by atoms with Crippen LogP contribution in [0.5, 0.6) is 0 Å². The molecule has 1 heterocycles. The molecule has 5 nitrogen and oxygen atoms in total. The van der Waals surface area contributed by atoms with E-state index in [0.717, 1.165) is 16.0 Å². The van der Waals surface area contributed by atoms with Gasteiger partial charge in [-0.1, -0.05) is 15.9 Å². The molecule has 1 amide bonds. The van der Waals surface area contributed by atoms with Crippen molar-refractivity contribution in [3.8, 4) is 0 Å². The van der Waals surface area contributed by atoms with Gasteiger partial charge in [-0.05, 0) is 31.2 Å². The summed E-state index contributed by atoms with van der Waals surface area (Å²) >= 11 is 3.34. The number of amides is 1. The minimum atomic E-state index is -0.0850. The highest BCUT2D eigenvalue weighted by Crippen LogP contribution is 2.10. The maximum Gasteiger partial charge on any atom is 0.251 e. The summed E-state index contributed by atoms with van der Waals surface area (Å²) in [4.78, 5) is 19.9. The number of aromatic nitrogens is 2. The van der Waals surface area contributed by atoms with Gasteiger partial charge in [-0.25, -0.2) is 9.97 Å². The number of benzene rings is 1. The molecule has 1 aromatic carbocycles. The van der Waals surface area contributed by atoms with Crippen molar-refractivity contribution in [2.24, 2.45) is 0 Å². The lowest BCUT2D eigenvalue weighted by molar-refractivity contribution is 0.0955. The van der Waals surface area contributed by atoms with Crippen LogP contribution in [-0.4, -0.2) is 29.0 Å². The summed E-state index contributed by atoms with van der Waals surface area (Å²) in [6.45, 7) is 3.04. The molecule has 0 unspecified atom stereocenters. The van der Waals surface area contributed by atoms with E-state index in [1.807, 2.05) is 25.1 Å². The zero-order chi connectivity index (χ0) is 14.4. The molecule has 0 saturated carbocycles. The van der Waals surface area contributed by atoms with E-state index in [1.165, 1.54) is 6.33 Å². The van der Waals surface area contributed by atoms with Gasteiger partial charge in [0.25, 0.3) is 5.91 Å². The molecule has 0 aliphatic carbocycles. The second kappa shape index (κ2) is 7.00. The third kappa shape index (κ3) is 4.31. The van der Waals surface area contributed by atoms with Crippen LogP contribution in [0.1, 0.15) is 16.1 Å². The van der Waals surface area contributed by atoms with Crippen LogP contribution in [0.25, 0.3) is 0 Å². The van der Waals surface area contributed by atoms with Crippen molar-refractivity contribution in [1.82, 2.24) is 15.3 Å². The topological polar surface area (TPSA) is 66.9 Å². The SMILES string of the molecule is Cc1cc(NCCNC(=O)c2ccc(Br)cc2)ncn1. The Kier molecular flexibility index (Phi) is 5.06. The van der Waals surface area contributed by atoms with Crippen molar-refractivity contribution in [2.45, 2.75) is 6.92 Å². The summed E-state index contributed by atoms with van der Waals surface area (Å²) in [6, 6.07) is 9.10. The second-order valence-corrected chi connectivity index (χ2v) is 5.15. The molecule has 0 spiro atoms. The maximum absolute atomic E-state index is 11.8. The molecule has 0 aliphatic heterocycles. The summed E-state index contributed by atoms with van der Waals surface area (Å²) in [6.07, 6.45) is 1.51. The van der Waals surface area contributed by atoms with Crippen LogP contribution in [-0.2, 0) is 0 Å². The summed E-state index contributed by atoms with van der Waals surface area (Å²) in [5.41, 5.74) is 1.55. The number of aryl methyl sites for hydroxylation is 1. The fourth-order valence-electron chi connectivity index (χ4n) is 1.62. The first-order valence-electron chi connectivity index (χ1n) is 6.21. The van der Waals surface area contributed by atoms with E-state index in [-0.39, 0.29) is 5.91 Å². The average Bonchev–Trinajstić information content (AvgIpc) is 2.44. The normalized spacial score (nSPS) is 10.1. The lowest BCUT2D eigenvalue weighted by Crippen LogP contribution is -2.28. The number of hydrogen-bond donors (Lipinski definition) is 2. The number of hydrogen-bond acceptors (Lipinski definition) is 4. The van der Waals surface area contributed by atoms with Crippen LogP contribution in [0.3, 0.4) is 0 Å². The Balaban J connectivity index is 1.76. The molecule has 0 atom stereocenters. The van der Waals surface area contributed by atoms with Gasteiger partial charge in [0.05, 0.1) is 0 Å². The first-order valence-corrected chi connectivity index (χ1v) is 7.01. The molecule has 6 heteroatoms. The highest BCUT2D eigenvalue weighted by Gasteiger charge is 2.03. The molecule has 0 bridgehead atoms. The van der Waals surface area contributed by atoms with Crippen molar-refractivity contribution in [1.29, 1.82) is 0 Å². The lowest BCUT2D eigenvalue weighted by atomic mass is 10.2. The predicted molar refractivity (Wildman–Crippen MR) is 81.7 cm³/mol. The van der Waals surface area contributed by atoms with Crippen LogP contribution >= 0.6 is 15.9 Å². The number of rotatable bonds is 5. The first kappa shape index (κ1) is 14.5. The average molecular weight is 335 g/mol. The van der Waals surface area contributed by atoms with Gasteiger partial charge in [-0.3, -0.25) is 4.79 Å². The molecule has 0 saturated heterocycles. The number of nitrogens with zero attached hydrogens (tertiary/aromatic N) is 2. The Morgan fingerprint density at radius 2 is 1.95 bits per heavy atom. The summed E-state index contributed by atoms with van der Waals surface area (Å²) < 4.78 is 0.954. The molecule has 2 N–H and O–H groups in total. The third-order valence-electron chi connectivity index (χ3n) is 2.63. The minimum Gasteiger partial charge on any atom is -0.368 e. The van der Waals surface area contributed by atoms with Crippen LogP contribution in [0, 0.1) is 6.92 Å². The monoisotopic (exact) mass is 334 g/mol. The van der Waals surface area contributed by atoms with E-state index in [9.17, 15) is 4.79 Å². The lowest BCUT2D eigenvalue weighted by Gasteiger charge is -2.07. The Labute approximate surface area is 126 Å². The Morgan fingerprint density at radius 3 is 2.65 bits per heavy atom. The zero-order valence-electron chi connectivity index (χ0n) is 11.1. The summed E-state index contributed by atoms with van der Waals surface area (Å²) in [5, 5.41) is 5.97. The smallest absolute Gasteiger partial charge is 0.251 e. The fraction of sp³-hybridized carbons (Fsp3) is 0.214. The van der Waals surface area contributed by atoms with Crippen molar-refractivity contribution < 1.29 is 4.79 Å². The van der Waals surface area contributed by atoms with Crippen molar-refractivity contribution >= 4 is 27.7 Å². The van der Waals surface area contributed by atoms with Gasteiger partial charge in [0.1, 0.15) is 12.1 Å². The minimum absolute atomic E-state index is 0.0850. The van der Waals surface area contributed by atoms with Crippen LogP contribution in [0.4, 0.5) is 5.82 Å². The van der Waals surface area contributed by atoms with Crippen molar-refractivity contribution in [2.75, 3.05) is 18.4 Å². The van der Waals surface area contributed by atoms with Gasteiger partial charge in [0.15, 0.2) is 0 Å². The quantitative estimate of drug-likeness (QED) is 0.824. The number of nitrogens with one attached hydrogen (secondary N) is 2. The van der Waals surface area contributed by atoms with E-state index in [0.29, 0.717) is 18.7 Å². The molecule has 20 heavy (non-hydrogen) atoms. The van der Waals surface area contributed by atoms with E-state index in [4.69, 9.17) is 0 Å². The van der Waals surface area contributed by atoms with E-state index in [1.54, 1.807) is 12.1 Å². The molecular formula is C14H15BrN4O.